The molecule has 0 aliphatic carbocycles. The average Bonchev–Trinajstić information content (AvgIpc) is 2.51. The maximum absolute atomic E-state index is 12.7. The lowest BCUT2D eigenvalue weighted by atomic mass is 10.2. The molecule has 2 aromatic rings. The smallest absolute Gasteiger partial charge is 0.234 e. The molecule has 0 bridgehead atoms. The summed E-state index contributed by atoms with van der Waals surface area (Å²) in [4.78, 5) is 0. The molecule has 23 heavy (non-hydrogen) atoms. The van der Waals surface area contributed by atoms with E-state index in [-0.39, 0.29) is 30.0 Å². The first kappa shape index (κ1) is 18.2. The van der Waals surface area contributed by atoms with E-state index in [4.69, 9.17) is 5.73 Å². The first-order valence-corrected chi connectivity index (χ1v) is 6.30. The molecule has 5 nitrogen and oxygen atoms in total. The molecule has 0 aromatic heterocycles. The van der Waals surface area contributed by atoms with Gasteiger partial charge in [0.05, 0.1) is 12.4 Å². The molecule has 0 fully saturated rings. The lowest BCUT2D eigenvalue weighted by Crippen LogP contribution is -2.26. The summed E-state index contributed by atoms with van der Waals surface area (Å²) in [5.74, 6) is -0.657. The highest BCUT2D eigenvalue weighted by atomic mass is 35.5. The molecule has 0 amide bonds. The first-order valence-electron chi connectivity index (χ1n) is 6.30. The Balaban J connectivity index is 0.00000264. The SMILES string of the molecule is Cl.NC(=NN=Cc1ccc(F)cc1)NN=Cc1ccc(F)cc1. The molecule has 2 rings (SSSR count). The molecule has 0 saturated heterocycles. The number of nitrogens with zero attached hydrogens (tertiary/aromatic N) is 3. The highest BCUT2D eigenvalue weighted by molar-refractivity contribution is 5.85. The highest BCUT2D eigenvalue weighted by Gasteiger charge is 1.91. The standard InChI is InChI=1S/C15H13F2N5.ClH/c16-13-5-1-11(2-6-13)9-19-21-15(18)22-20-10-12-3-7-14(17)8-4-12;/h1-10H,(H3,18,21,22);1H. The van der Waals surface area contributed by atoms with Gasteiger partial charge in [-0.2, -0.15) is 10.2 Å². The second kappa shape index (κ2) is 9.26. The Morgan fingerprint density at radius 3 is 1.87 bits per heavy atom. The van der Waals surface area contributed by atoms with E-state index in [9.17, 15) is 8.78 Å². The molecular weight excluding hydrogens is 324 g/mol. The van der Waals surface area contributed by atoms with Crippen molar-refractivity contribution in [2.45, 2.75) is 0 Å². The van der Waals surface area contributed by atoms with Crippen molar-refractivity contribution in [1.29, 1.82) is 0 Å². The maximum Gasteiger partial charge on any atom is 0.234 e. The zero-order valence-electron chi connectivity index (χ0n) is 11.9. The van der Waals surface area contributed by atoms with Gasteiger partial charge in [0.2, 0.25) is 5.96 Å². The molecule has 3 N–H and O–H groups in total. The van der Waals surface area contributed by atoms with Crippen LogP contribution in [0.5, 0.6) is 0 Å². The Morgan fingerprint density at radius 2 is 1.35 bits per heavy atom. The van der Waals surface area contributed by atoms with Gasteiger partial charge in [0.25, 0.3) is 0 Å². The van der Waals surface area contributed by atoms with E-state index in [1.807, 2.05) is 0 Å². The van der Waals surface area contributed by atoms with Crippen molar-refractivity contribution in [2.24, 2.45) is 21.0 Å². The van der Waals surface area contributed by atoms with Crippen molar-refractivity contribution >= 4 is 30.8 Å². The number of guanidine groups is 1. The summed E-state index contributed by atoms with van der Waals surface area (Å²) >= 11 is 0. The molecule has 0 unspecified atom stereocenters. The molecule has 0 radical (unpaired) electrons. The Bertz CT molecular complexity index is 697. The van der Waals surface area contributed by atoms with Crippen LogP contribution in [0, 0.1) is 11.6 Å². The fourth-order valence-electron chi connectivity index (χ4n) is 1.45. The minimum atomic E-state index is -0.322. The Labute approximate surface area is 138 Å². The molecule has 0 atom stereocenters. The van der Waals surface area contributed by atoms with E-state index in [0.29, 0.717) is 11.1 Å². The summed E-state index contributed by atoms with van der Waals surface area (Å²) in [5.41, 5.74) is 9.41. The highest BCUT2D eigenvalue weighted by Crippen LogP contribution is 2.00. The normalized spacial score (nSPS) is 11.7. The number of nitrogens with two attached hydrogens (primary N) is 1. The number of benzene rings is 2. The third-order valence-corrected chi connectivity index (χ3v) is 2.51. The Hall–Kier alpha value is -2.80. The van der Waals surface area contributed by atoms with Crippen LogP contribution >= 0.6 is 12.4 Å². The minimum Gasteiger partial charge on any atom is -0.367 e. The molecule has 0 saturated carbocycles. The topological polar surface area (TPSA) is 75.1 Å². The predicted octanol–water partition coefficient (Wildman–Crippen LogP) is 2.66. The van der Waals surface area contributed by atoms with E-state index in [0.717, 1.165) is 0 Å². The number of rotatable bonds is 4. The summed E-state index contributed by atoms with van der Waals surface area (Å²) < 4.78 is 25.4. The second-order valence-corrected chi connectivity index (χ2v) is 4.20. The zero-order valence-corrected chi connectivity index (χ0v) is 12.7. The van der Waals surface area contributed by atoms with Crippen LogP contribution in [0.3, 0.4) is 0 Å². The van der Waals surface area contributed by atoms with Gasteiger partial charge in [-0.1, -0.05) is 24.3 Å². The predicted molar refractivity (Wildman–Crippen MR) is 90.0 cm³/mol. The van der Waals surface area contributed by atoms with Gasteiger partial charge < -0.3 is 5.73 Å². The zero-order chi connectivity index (χ0) is 15.8. The van der Waals surface area contributed by atoms with E-state index >= 15 is 0 Å². The van der Waals surface area contributed by atoms with Gasteiger partial charge in [-0.25, -0.2) is 14.2 Å². The van der Waals surface area contributed by atoms with Crippen LogP contribution in [0.15, 0.2) is 63.8 Å². The first-order chi connectivity index (χ1) is 10.6. The summed E-state index contributed by atoms with van der Waals surface area (Å²) in [6.45, 7) is 0. The van der Waals surface area contributed by atoms with Gasteiger partial charge in [0.15, 0.2) is 0 Å². The quantitative estimate of drug-likeness (QED) is 0.511. The fraction of sp³-hybridized carbons (Fsp3) is 0. The molecule has 0 heterocycles. The molecule has 8 heteroatoms. The molecule has 120 valence electrons. The number of halogens is 3. The molecule has 2 aromatic carbocycles. The van der Waals surface area contributed by atoms with Crippen molar-refractivity contribution in [3.05, 3.63) is 71.3 Å². The van der Waals surface area contributed by atoms with Crippen molar-refractivity contribution < 1.29 is 8.78 Å². The van der Waals surface area contributed by atoms with Crippen LogP contribution in [0.1, 0.15) is 11.1 Å². The van der Waals surface area contributed by atoms with Crippen molar-refractivity contribution in [3.8, 4) is 0 Å². The van der Waals surface area contributed by atoms with Crippen molar-refractivity contribution in [1.82, 2.24) is 5.43 Å². The summed E-state index contributed by atoms with van der Waals surface area (Å²) in [6.07, 6.45) is 2.89. The van der Waals surface area contributed by atoms with E-state index in [2.05, 4.69) is 20.7 Å². The molecular formula is C15H14ClF2N5. The number of hydrazone groups is 1. The van der Waals surface area contributed by atoms with Crippen LogP contribution in [-0.4, -0.2) is 18.4 Å². The summed E-state index contributed by atoms with van der Waals surface area (Å²) in [7, 11) is 0. The van der Waals surface area contributed by atoms with Crippen LogP contribution in [0.25, 0.3) is 0 Å². The van der Waals surface area contributed by atoms with Gasteiger partial charge in [-0.05, 0) is 35.4 Å². The second-order valence-electron chi connectivity index (χ2n) is 4.20. The number of hydrogen-bond acceptors (Lipinski definition) is 3. The summed E-state index contributed by atoms with van der Waals surface area (Å²) in [5, 5.41) is 11.2. The van der Waals surface area contributed by atoms with E-state index < -0.39 is 0 Å². The third-order valence-electron chi connectivity index (χ3n) is 2.51. The van der Waals surface area contributed by atoms with Gasteiger partial charge in [-0.15, -0.1) is 17.5 Å². The van der Waals surface area contributed by atoms with Crippen LogP contribution in [0.2, 0.25) is 0 Å². The lowest BCUT2D eigenvalue weighted by Gasteiger charge is -1.96. The Morgan fingerprint density at radius 1 is 0.870 bits per heavy atom. The Kier molecular flexibility index (Phi) is 7.35. The van der Waals surface area contributed by atoms with Crippen LogP contribution in [-0.2, 0) is 0 Å². The van der Waals surface area contributed by atoms with Crippen molar-refractivity contribution in [3.63, 3.8) is 0 Å². The number of hydrogen-bond donors (Lipinski definition) is 2. The van der Waals surface area contributed by atoms with E-state index in [1.165, 1.54) is 36.7 Å². The summed E-state index contributed by atoms with van der Waals surface area (Å²) in [6, 6.07) is 11.5. The van der Waals surface area contributed by atoms with E-state index in [1.54, 1.807) is 24.3 Å². The molecule has 0 aliphatic rings. The van der Waals surface area contributed by atoms with Gasteiger partial charge >= 0.3 is 0 Å². The van der Waals surface area contributed by atoms with Gasteiger partial charge in [0.1, 0.15) is 11.6 Å². The largest absolute Gasteiger partial charge is 0.367 e. The lowest BCUT2D eigenvalue weighted by molar-refractivity contribution is 0.627. The molecule has 0 spiro atoms. The monoisotopic (exact) mass is 337 g/mol. The van der Waals surface area contributed by atoms with Crippen LogP contribution < -0.4 is 11.2 Å². The fourth-order valence-corrected chi connectivity index (χ4v) is 1.45. The van der Waals surface area contributed by atoms with Crippen molar-refractivity contribution in [2.75, 3.05) is 0 Å². The molecule has 0 aliphatic heterocycles. The number of nitrogens with one attached hydrogen (secondary N) is 1. The maximum atomic E-state index is 12.7. The minimum absolute atomic E-state index is 0. The van der Waals surface area contributed by atoms with Crippen LogP contribution in [0.4, 0.5) is 8.78 Å². The third kappa shape index (κ3) is 6.66. The van der Waals surface area contributed by atoms with Gasteiger partial charge in [-0.3, -0.25) is 0 Å². The average molecular weight is 338 g/mol. The van der Waals surface area contributed by atoms with Gasteiger partial charge in [0, 0.05) is 0 Å².